The smallest absolute Gasteiger partial charge is 0.471 e. The summed E-state index contributed by atoms with van der Waals surface area (Å²) >= 11 is 0. The molecule has 0 atom stereocenters. The van der Waals surface area contributed by atoms with Gasteiger partial charge in [0, 0.05) is 0 Å². The van der Waals surface area contributed by atoms with Crippen LogP contribution in [-0.4, -0.2) is 51.7 Å². The average molecular weight is 496 g/mol. The van der Waals surface area contributed by atoms with Crippen molar-refractivity contribution in [1.82, 2.24) is 20.5 Å². The van der Waals surface area contributed by atoms with Gasteiger partial charge >= 0.3 is 12.1 Å². The van der Waals surface area contributed by atoms with Gasteiger partial charge in [-0.05, 0) is 25.0 Å². The lowest BCUT2D eigenvalue weighted by molar-refractivity contribution is -0.173. The Labute approximate surface area is 197 Å². The van der Waals surface area contributed by atoms with Crippen molar-refractivity contribution in [3.8, 4) is 45.7 Å². The number of unbranched alkanes of at least 4 members (excludes halogenated alkanes) is 1. The molecular formula is C22H23F3N4O6. The molecule has 13 heteroatoms. The SMILES string of the molecule is CCCCc1nc(O)c(-c2nnc(CNC(=O)C(F)(F)F)o2)c(O)c1-c1c(OC)cccc1OC. The molecule has 0 saturated carbocycles. The number of rotatable bonds is 9. The van der Waals surface area contributed by atoms with Crippen molar-refractivity contribution >= 4 is 5.91 Å². The molecule has 3 N–H and O–H groups in total. The van der Waals surface area contributed by atoms with Gasteiger partial charge in [0.15, 0.2) is 0 Å². The third-order valence-electron chi connectivity index (χ3n) is 5.01. The first-order valence-electron chi connectivity index (χ1n) is 10.5. The van der Waals surface area contributed by atoms with Crippen molar-refractivity contribution < 1.29 is 42.1 Å². The lowest BCUT2D eigenvalue weighted by Gasteiger charge is -2.18. The standard InChI is InChI=1S/C22H23F3N4O6/c1-4-5-7-11-15(16-12(33-2)8-6-9-13(16)34-3)18(30)17(19(31)27-11)20-29-28-14(35-20)10-26-21(32)22(23,24)25/h6,8-9H,4-5,7,10H2,1-3H3,(H,26,32)(H2,27,30,31). The average Bonchev–Trinajstić information content (AvgIpc) is 3.28. The number of alkyl halides is 3. The topological polar surface area (TPSA) is 140 Å². The highest BCUT2D eigenvalue weighted by molar-refractivity contribution is 5.88. The minimum Gasteiger partial charge on any atom is -0.506 e. The molecule has 1 aromatic carbocycles. The van der Waals surface area contributed by atoms with Crippen LogP contribution in [0.2, 0.25) is 0 Å². The molecule has 0 saturated heterocycles. The first-order valence-corrected chi connectivity index (χ1v) is 10.5. The Morgan fingerprint density at radius 1 is 1.09 bits per heavy atom. The number of hydrogen-bond donors (Lipinski definition) is 3. The van der Waals surface area contributed by atoms with Crippen molar-refractivity contribution in [1.29, 1.82) is 0 Å². The summed E-state index contributed by atoms with van der Waals surface area (Å²) in [5, 5.41) is 30.7. The van der Waals surface area contributed by atoms with Crippen LogP contribution in [0, 0.1) is 0 Å². The highest BCUT2D eigenvalue weighted by Gasteiger charge is 2.38. The second-order valence-corrected chi connectivity index (χ2v) is 7.30. The van der Waals surface area contributed by atoms with E-state index in [0.29, 0.717) is 35.6 Å². The molecule has 0 spiro atoms. The van der Waals surface area contributed by atoms with E-state index in [9.17, 15) is 28.2 Å². The molecule has 2 heterocycles. The van der Waals surface area contributed by atoms with Gasteiger partial charge in [0.25, 0.3) is 5.89 Å². The maximum absolute atomic E-state index is 12.4. The van der Waals surface area contributed by atoms with E-state index in [1.54, 1.807) is 23.5 Å². The van der Waals surface area contributed by atoms with Crippen molar-refractivity contribution in [2.45, 2.75) is 38.9 Å². The Morgan fingerprint density at radius 2 is 1.74 bits per heavy atom. The highest BCUT2D eigenvalue weighted by atomic mass is 19.4. The number of ether oxygens (including phenoxy) is 2. The Morgan fingerprint density at radius 3 is 2.31 bits per heavy atom. The lowest BCUT2D eigenvalue weighted by atomic mass is 9.95. The molecule has 2 aromatic heterocycles. The zero-order chi connectivity index (χ0) is 25.8. The fraction of sp³-hybridized carbons (Fsp3) is 0.364. The van der Waals surface area contributed by atoms with E-state index in [4.69, 9.17) is 13.9 Å². The molecule has 0 bridgehead atoms. The number of aromatic nitrogens is 3. The van der Waals surface area contributed by atoms with E-state index in [0.717, 1.165) is 6.42 Å². The maximum Gasteiger partial charge on any atom is 0.471 e. The number of halogens is 3. The number of aryl methyl sites for hydroxylation is 1. The third-order valence-corrected chi connectivity index (χ3v) is 5.01. The molecule has 3 rings (SSSR count). The quantitative estimate of drug-likeness (QED) is 0.404. The second-order valence-electron chi connectivity index (χ2n) is 7.30. The first kappa shape index (κ1) is 25.6. The monoisotopic (exact) mass is 496 g/mol. The summed E-state index contributed by atoms with van der Waals surface area (Å²) in [7, 11) is 2.88. The Hall–Kier alpha value is -4.03. The van der Waals surface area contributed by atoms with Crippen LogP contribution < -0.4 is 14.8 Å². The first-order chi connectivity index (χ1) is 16.6. The number of benzene rings is 1. The summed E-state index contributed by atoms with van der Waals surface area (Å²) in [5.74, 6) is -3.37. The van der Waals surface area contributed by atoms with Gasteiger partial charge in [0.05, 0.1) is 37.6 Å². The van der Waals surface area contributed by atoms with Gasteiger partial charge in [0.2, 0.25) is 11.8 Å². The van der Waals surface area contributed by atoms with Gasteiger partial charge < -0.3 is 29.4 Å². The van der Waals surface area contributed by atoms with E-state index >= 15 is 0 Å². The molecular weight excluding hydrogens is 473 g/mol. The summed E-state index contributed by atoms with van der Waals surface area (Å²) in [4.78, 5) is 15.3. The van der Waals surface area contributed by atoms with Gasteiger partial charge in [-0.3, -0.25) is 4.79 Å². The number of pyridine rings is 1. The number of carbonyl (C=O) groups is 1. The summed E-state index contributed by atoms with van der Waals surface area (Å²) in [6, 6.07) is 5.00. The predicted octanol–water partition coefficient (Wildman–Crippen LogP) is 3.75. The molecule has 0 aliphatic carbocycles. The minimum atomic E-state index is -5.08. The summed E-state index contributed by atoms with van der Waals surface area (Å²) in [5.41, 5.74) is 0.581. The fourth-order valence-electron chi connectivity index (χ4n) is 3.37. The second kappa shape index (κ2) is 10.5. The zero-order valence-corrected chi connectivity index (χ0v) is 19.1. The van der Waals surface area contributed by atoms with E-state index < -0.39 is 36.1 Å². The summed E-state index contributed by atoms with van der Waals surface area (Å²) < 4.78 is 53.4. The normalized spacial score (nSPS) is 11.4. The number of aromatic hydroxyl groups is 2. The van der Waals surface area contributed by atoms with Crippen LogP contribution in [0.3, 0.4) is 0 Å². The maximum atomic E-state index is 12.4. The van der Waals surface area contributed by atoms with E-state index in [1.165, 1.54) is 14.2 Å². The summed E-state index contributed by atoms with van der Waals surface area (Å²) in [6.45, 7) is 1.25. The molecule has 0 radical (unpaired) electrons. The molecule has 188 valence electrons. The number of nitrogens with zero attached hydrogens (tertiary/aromatic N) is 3. The van der Waals surface area contributed by atoms with Crippen molar-refractivity contribution in [2.24, 2.45) is 0 Å². The van der Waals surface area contributed by atoms with Crippen molar-refractivity contribution in [3.05, 3.63) is 29.8 Å². The Bertz CT molecular complexity index is 1190. The van der Waals surface area contributed by atoms with Crippen LogP contribution in [0.4, 0.5) is 13.2 Å². The predicted molar refractivity (Wildman–Crippen MR) is 116 cm³/mol. The van der Waals surface area contributed by atoms with Gasteiger partial charge in [0.1, 0.15) is 22.8 Å². The molecule has 1 amide bonds. The number of methoxy groups -OCH3 is 2. The Balaban J connectivity index is 2.13. The molecule has 35 heavy (non-hydrogen) atoms. The number of hydrogen-bond acceptors (Lipinski definition) is 9. The van der Waals surface area contributed by atoms with Crippen LogP contribution in [0.25, 0.3) is 22.6 Å². The molecule has 0 unspecified atom stereocenters. The summed E-state index contributed by atoms with van der Waals surface area (Å²) in [6.07, 6.45) is -3.18. The van der Waals surface area contributed by atoms with Crippen LogP contribution in [-0.2, 0) is 17.8 Å². The highest BCUT2D eigenvalue weighted by Crippen LogP contribution is 2.49. The van der Waals surface area contributed by atoms with Gasteiger partial charge in [-0.15, -0.1) is 10.2 Å². The molecule has 3 aromatic rings. The van der Waals surface area contributed by atoms with E-state index in [1.807, 2.05) is 6.92 Å². The van der Waals surface area contributed by atoms with Gasteiger partial charge in [-0.1, -0.05) is 19.4 Å². The molecule has 0 fully saturated rings. The number of carbonyl (C=O) groups excluding carboxylic acids is 1. The largest absolute Gasteiger partial charge is 0.506 e. The van der Waals surface area contributed by atoms with Crippen LogP contribution in [0.15, 0.2) is 22.6 Å². The number of amides is 1. The Kier molecular flexibility index (Phi) is 7.67. The van der Waals surface area contributed by atoms with E-state index in [2.05, 4.69) is 15.2 Å². The molecule has 0 aliphatic heterocycles. The fourth-order valence-corrected chi connectivity index (χ4v) is 3.37. The van der Waals surface area contributed by atoms with E-state index in [-0.39, 0.29) is 17.0 Å². The van der Waals surface area contributed by atoms with Crippen molar-refractivity contribution in [3.63, 3.8) is 0 Å². The molecule has 0 aliphatic rings. The van der Waals surface area contributed by atoms with Crippen LogP contribution in [0.5, 0.6) is 23.1 Å². The van der Waals surface area contributed by atoms with Gasteiger partial charge in [-0.2, -0.15) is 13.2 Å². The molecule has 10 nitrogen and oxygen atoms in total. The third kappa shape index (κ3) is 5.39. The van der Waals surface area contributed by atoms with Crippen LogP contribution >= 0.6 is 0 Å². The van der Waals surface area contributed by atoms with Crippen LogP contribution in [0.1, 0.15) is 31.4 Å². The number of nitrogens with one attached hydrogen (secondary N) is 1. The van der Waals surface area contributed by atoms with Crippen molar-refractivity contribution in [2.75, 3.05) is 14.2 Å². The minimum absolute atomic E-state index is 0.200. The lowest BCUT2D eigenvalue weighted by Crippen LogP contribution is -2.36. The van der Waals surface area contributed by atoms with Gasteiger partial charge in [-0.25, -0.2) is 4.98 Å². The zero-order valence-electron chi connectivity index (χ0n) is 19.1.